The number of hydrogen-bond acceptors (Lipinski definition) is 7. The van der Waals surface area contributed by atoms with Gasteiger partial charge in [-0.1, -0.05) is 0 Å². The van der Waals surface area contributed by atoms with E-state index in [1.54, 1.807) is 20.8 Å². The predicted molar refractivity (Wildman–Crippen MR) is 85.5 cm³/mol. The van der Waals surface area contributed by atoms with Crippen LogP contribution >= 0.6 is 0 Å². The van der Waals surface area contributed by atoms with E-state index in [1.807, 2.05) is 0 Å². The molecule has 1 heterocycles. The fourth-order valence-electron chi connectivity index (χ4n) is 2.24. The molecule has 1 saturated heterocycles. The Hall–Kier alpha value is -3.10. The van der Waals surface area contributed by atoms with Crippen molar-refractivity contribution < 1.29 is 29.0 Å². The van der Waals surface area contributed by atoms with Crippen LogP contribution in [0.25, 0.3) is 0 Å². The topological polar surface area (TPSA) is 128 Å². The molecular weight excluding hydrogens is 330 g/mol. The number of carboxylic acids is 1. The minimum atomic E-state index is -1.52. The van der Waals surface area contributed by atoms with Gasteiger partial charge in [-0.25, -0.2) is 15.1 Å². The highest BCUT2D eigenvalue weighted by Gasteiger charge is 2.32. The van der Waals surface area contributed by atoms with Gasteiger partial charge in [-0.05, 0) is 39.0 Å². The first-order valence-corrected chi connectivity index (χ1v) is 7.54. The number of hydrazine groups is 1. The number of carboxylic acid groups (broad SMARTS) is 1. The minimum Gasteiger partial charge on any atom is -0.545 e. The average Bonchev–Trinajstić information content (AvgIpc) is 2.82. The lowest BCUT2D eigenvalue weighted by molar-refractivity contribution is -0.254. The van der Waals surface area contributed by atoms with Crippen LogP contribution in [0.3, 0.4) is 0 Å². The zero-order valence-electron chi connectivity index (χ0n) is 14.0. The number of carbonyl (C=O) groups excluding carboxylic acids is 4. The summed E-state index contributed by atoms with van der Waals surface area (Å²) in [6, 6.07) is 3.81. The van der Waals surface area contributed by atoms with Crippen LogP contribution in [0.1, 0.15) is 44.0 Å². The summed E-state index contributed by atoms with van der Waals surface area (Å²) in [6.07, 6.45) is -0.718. The predicted octanol–water partition coefficient (Wildman–Crippen LogP) is 0.555. The van der Waals surface area contributed by atoms with E-state index in [0.717, 1.165) is 4.90 Å². The second-order valence-electron chi connectivity index (χ2n) is 6.39. The Morgan fingerprint density at radius 1 is 1.16 bits per heavy atom. The van der Waals surface area contributed by atoms with Gasteiger partial charge in [-0.2, -0.15) is 0 Å². The van der Waals surface area contributed by atoms with Crippen molar-refractivity contribution in [1.29, 1.82) is 0 Å². The monoisotopic (exact) mass is 348 g/mol. The van der Waals surface area contributed by atoms with Gasteiger partial charge in [-0.15, -0.1) is 0 Å². The number of anilines is 2. The number of nitrogens with zero attached hydrogens (tertiary/aromatic N) is 1. The van der Waals surface area contributed by atoms with Gasteiger partial charge in [-0.3, -0.25) is 15.0 Å². The molecule has 9 heteroatoms. The van der Waals surface area contributed by atoms with E-state index >= 15 is 0 Å². The Balaban J connectivity index is 2.23. The van der Waals surface area contributed by atoms with Crippen molar-refractivity contribution in [3.8, 4) is 0 Å². The molecule has 1 aliphatic rings. The first kappa shape index (κ1) is 18.2. The van der Waals surface area contributed by atoms with E-state index in [1.165, 1.54) is 18.2 Å². The molecule has 0 bridgehead atoms. The molecule has 1 fully saturated rings. The maximum atomic E-state index is 11.9. The van der Waals surface area contributed by atoms with Crippen molar-refractivity contribution in [1.82, 2.24) is 5.43 Å². The molecule has 2 rings (SSSR count). The van der Waals surface area contributed by atoms with E-state index in [4.69, 9.17) is 4.74 Å². The SMILES string of the molecule is CC(C)(C)OC(=O)NNc1ccc(C(=O)[O-])c(N2C(=O)CCC2=O)c1. The summed E-state index contributed by atoms with van der Waals surface area (Å²) in [5, 5.41) is 11.3. The van der Waals surface area contributed by atoms with E-state index in [0.29, 0.717) is 0 Å². The summed E-state index contributed by atoms with van der Waals surface area (Å²) in [5.41, 5.74) is 3.99. The van der Waals surface area contributed by atoms with Gasteiger partial charge in [0.2, 0.25) is 11.8 Å². The molecule has 2 N–H and O–H groups in total. The highest BCUT2D eigenvalue weighted by Crippen LogP contribution is 2.29. The number of rotatable bonds is 4. The molecule has 9 nitrogen and oxygen atoms in total. The van der Waals surface area contributed by atoms with Crippen LogP contribution in [0.2, 0.25) is 0 Å². The van der Waals surface area contributed by atoms with Crippen molar-refractivity contribution in [3.63, 3.8) is 0 Å². The molecule has 3 amide bonds. The number of amides is 3. The van der Waals surface area contributed by atoms with Gasteiger partial charge in [0.1, 0.15) is 5.60 Å². The Bertz CT molecular complexity index is 722. The van der Waals surface area contributed by atoms with Crippen LogP contribution in [0.4, 0.5) is 16.2 Å². The first-order valence-electron chi connectivity index (χ1n) is 7.54. The van der Waals surface area contributed by atoms with Crippen molar-refractivity contribution in [2.75, 3.05) is 10.3 Å². The fraction of sp³-hybridized carbons (Fsp3) is 0.375. The Morgan fingerprint density at radius 2 is 1.76 bits per heavy atom. The molecule has 0 aromatic heterocycles. The summed E-state index contributed by atoms with van der Waals surface area (Å²) in [5.74, 6) is -2.51. The molecule has 0 unspecified atom stereocenters. The molecule has 0 aliphatic carbocycles. The summed E-state index contributed by atoms with van der Waals surface area (Å²) in [7, 11) is 0. The van der Waals surface area contributed by atoms with Crippen LogP contribution in [0.5, 0.6) is 0 Å². The van der Waals surface area contributed by atoms with Crippen LogP contribution < -0.4 is 20.9 Å². The number of benzene rings is 1. The zero-order valence-corrected chi connectivity index (χ0v) is 14.0. The first-order chi connectivity index (χ1) is 11.6. The normalized spacial score (nSPS) is 14.4. The molecule has 1 aliphatic heterocycles. The number of ether oxygens (including phenoxy) is 1. The van der Waals surface area contributed by atoms with E-state index in [9.17, 15) is 24.3 Å². The van der Waals surface area contributed by atoms with Gasteiger partial charge >= 0.3 is 6.09 Å². The summed E-state index contributed by atoms with van der Waals surface area (Å²) >= 11 is 0. The van der Waals surface area contributed by atoms with Crippen molar-refractivity contribution in [2.45, 2.75) is 39.2 Å². The summed E-state index contributed by atoms with van der Waals surface area (Å²) in [4.78, 5) is 47.4. The molecule has 1 aromatic carbocycles. The molecule has 25 heavy (non-hydrogen) atoms. The van der Waals surface area contributed by atoms with Gasteiger partial charge in [0.25, 0.3) is 0 Å². The number of nitrogens with one attached hydrogen (secondary N) is 2. The quantitative estimate of drug-likeness (QED) is 0.601. The molecule has 0 saturated carbocycles. The maximum Gasteiger partial charge on any atom is 0.426 e. The van der Waals surface area contributed by atoms with Gasteiger partial charge < -0.3 is 14.6 Å². The summed E-state index contributed by atoms with van der Waals surface area (Å²) < 4.78 is 5.05. The maximum absolute atomic E-state index is 11.9. The van der Waals surface area contributed by atoms with Crippen molar-refractivity contribution in [2.24, 2.45) is 0 Å². The van der Waals surface area contributed by atoms with Crippen LogP contribution in [-0.2, 0) is 14.3 Å². The van der Waals surface area contributed by atoms with Crippen LogP contribution in [0.15, 0.2) is 18.2 Å². The number of aromatic carboxylic acids is 1. The summed E-state index contributed by atoms with van der Waals surface area (Å²) in [6.45, 7) is 5.10. The van der Waals surface area contributed by atoms with Crippen LogP contribution in [-0.4, -0.2) is 29.5 Å². The van der Waals surface area contributed by atoms with E-state index in [-0.39, 0.29) is 29.8 Å². The van der Waals surface area contributed by atoms with Gasteiger partial charge in [0.05, 0.1) is 17.3 Å². The molecule has 0 atom stereocenters. The Labute approximate surface area is 143 Å². The second-order valence-corrected chi connectivity index (χ2v) is 6.39. The molecule has 0 spiro atoms. The molecular formula is C16H18N3O6-. The van der Waals surface area contributed by atoms with Crippen molar-refractivity contribution >= 4 is 35.3 Å². The van der Waals surface area contributed by atoms with E-state index < -0.39 is 29.5 Å². The van der Waals surface area contributed by atoms with Crippen molar-refractivity contribution in [3.05, 3.63) is 23.8 Å². The third-order valence-corrected chi connectivity index (χ3v) is 3.22. The lowest BCUT2D eigenvalue weighted by Crippen LogP contribution is -2.36. The fourth-order valence-corrected chi connectivity index (χ4v) is 2.24. The molecule has 134 valence electrons. The standard InChI is InChI=1S/C16H19N3O6/c1-16(2,3)25-15(24)18-17-9-4-5-10(14(22)23)11(8-9)19-12(20)6-7-13(19)21/h4-5,8,17H,6-7H2,1-3H3,(H,18,24)(H,22,23)/p-1. The van der Waals surface area contributed by atoms with Gasteiger partial charge in [0, 0.05) is 18.4 Å². The van der Waals surface area contributed by atoms with E-state index in [2.05, 4.69) is 10.9 Å². The molecule has 1 aromatic rings. The Morgan fingerprint density at radius 3 is 2.28 bits per heavy atom. The lowest BCUT2D eigenvalue weighted by Gasteiger charge is -2.22. The third kappa shape index (κ3) is 4.46. The minimum absolute atomic E-state index is 0.0130. The van der Waals surface area contributed by atoms with Gasteiger partial charge in [0.15, 0.2) is 0 Å². The van der Waals surface area contributed by atoms with Crippen LogP contribution in [0, 0.1) is 0 Å². The zero-order chi connectivity index (χ0) is 18.8. The highest BCUT2D eigenvalue weighted by atomic mass is 16.6. The number of imide groups is 1. The third-order valence-electron chi connectivity index (χ3n) is 3.22. The highest BCUT2D eigenvalue weighted by molar-refractivity contribution is 6.21. The Kier molecular flexibility index (Phi) is 4.96. The molecule has 0 radical (unpaired) electrons. The number of carbonyl (C=O) groups is 4. The largest absolute Gasteiger partial charge is 0.545 e. The smallest absolute Gasteiger partial charge is 0.426 e. The number of hydrogen-bond donors (Lipinski definition) is 2. The lowest BCUT2D eigenvalue weighted by atomic mass is 10.1. The average molecular weight is 348 g/mol. The second kappa shape index (κ2) is 6.80.